The number of ether oxygens (including phenoxy) is 1. The van der Waals surface area contributed by atoms with E-state index in [-0.39, 0.29) is 6.61 Å². The van der Waals surface area contributed by atoms with Crippen LogP contribution in [0.4, 0.5) is 0 Å². The van der Waals surface area contributed by atoms with Crippen LogP contribution in [0.2, 0.25) is 0 Å². The number of aryl methyl sites for hydroxylation is 1. The molecule has 0 unspecified atom stereocenters. The van der Waals surface area contributed by atoms with Gasteiger partial charge in [-0.3, -0.25) is 0 Å². The van der Waals surface area contributed by atoms with Gasteiger partial charge in [-0.05, 0) is 6.42 Å². The van der Waals surface area contributed by atoms with Crippen molar-refractivity contribution in [2.24, 2.45) is 0 Å². The highest BCUT2D eigenvalue weighted by Crippen LogP contribution is 2.17. The van der Waals surface area contributed by atoms with Gasteiger partial charge in [-0.2, -0.15) is 0 Å². The Morgan fingerprint density at radius 2 is 2.42 bits per heavy atom. The number of rotatable bonds is 4. The van der Waals surface area contributed by atoms with Gasteiger partial charge in [-0.15, -0.1) is 10.2 Å². The summed E-state index contributed by atoms with van der Waals surface area (Å²) in [5, 5.41) is 16.8. The first-order valence-corrected chi connectivity index (χ1v) is 4.21. The number of carboxylic acids is 1. The van der Waals surface area contributed by atoms with Crippen molar-refractivity contribution in [3.63, 3.8) is 0 Å². The van der Waals surface area contributed by atoms with Crippen LogP contribution in [-0.2, 0) is 11.2 Å². The van der Waals surface area contributed by atoms with Crippen LogP contribution in [0.25, 0.3) is 0 Å². The first-order valence-electron chi connectivity index (χ1n) is 3.39. The molecule has 6 heteroatoms. The van der Waals surface area contributed by atoms with Crippen LogP contribution >= 0.6 is 11.3 Å². The van der Waals surface area contributed by atoms with E-state index >= 15 is 0 Å². The van der Waals surface area contributed by atoms with Crippen molar-refractivity contribution in [1.82, 2.24) is 10.2 Å². The van der Waals surface area contributed by atoms with Gasteiger partial charge < -0.3 is 9.84 Å². The number of carboxylic acid groups (broad SMARTS) is 1. The van der Waals surface area contributed by atoms with Gasteiger partial charge in [0.25, 0.3) is 5.19 Å². The molecular weight excluding hydrogens is 180 g/mol. The highest BCUT2D eigenvalue weighted by Gasteiger charge is 2.04. The molecule has 5 nitrogen and oxygen atoms in total. The zero-order valence-electron chi connectivity index (χ0n) is 6.48. The zero-order chi connectivity index (χ0) is 8.97. The van der Waals surface area contributed by atoms with Gasteiger partial charge in [0.1, 0.15) is 5.01 Å². The van der Waals surface area contributed by atoms with Crippen molar-refractivity contribution < 1.29 is 14.6 Å². The number of hydrogen-bond donors (Lipinski definition) is 1. The average molecular weight is 188 g/mol. The lowest BCUT2D eigenvalue weighted by Crippen LogP contribution is -2.09. The van der Waals surface area contributed by atoms with Crippen molar-refractivity contribution in [2.45, 2.75) is 13.3 Å². The first kappa shape index (κ1) is 8.92. The van der Waals surface area contributed by atoms with Crippen LogP contribution < -0.4 is 4.74 Å². The van der Waals surface area contributed by atoms with Gasteiger partial charge in [0.2, 0.25) is 0 Å². The van der Waals surface area contributed by atoms with Crippen LogP contribution in [-0.4, -0.2) is 27.9 Å². The highest BCUT2D eigenvalue weighted by molar-refractivity contribution is 7.13. The second-order valence-corrected chi connectivity index (χ2v) is 3.02. The number of aromatic nitrogens is 2. The molecule has 12 heavy (non-hydrogen) atoms. The third kappa shape index (κ3) is 2.46. The summed E-state index contributed by atoms with van der Waals surface area (Å²) < 4.78 is 4.80. The van der Waals surface area contributed by atoms with Gasteiger partial charge in [0.15, 0.2) is 6.61 Å². The summed E-state index contributed by atoms with van der Waals surface area (Å²) in [7, 11) is 0. The predicted molar refractivity (Wildman–Crippen MR) is 42.4 cm³/mol. The Kier molecular flexibility index (Phi) is 2.98. The largest absolute Gasteiger partial charge is 0.479 e. The standard InChI is InChI=1S/C6H8N2O3S/c1-2-4-7-8-6(12-4)11-3-5(9)10/h2-3H2,1H3,(H,9,10). The highest BCUT2D eigenvalue weighted by atomic mass is 32.1. The van der Waals surface area contributed by atoms with Gasteiger partial charge in [0, 0.05) is 0 Å². The van der Waals surface area contributed by atoms with Crippen LogP contribution in [0.15, 0.2) is 0 Å². The van der Waals surface area contributed by atoms with Crippen molar-refractivity contribution in [1.29, 1.82) is 0 Å². The molecule has 1 N–H and O–H groups in total. The summed E-state index contributed by atoms with van der Waals surface area (Å²) >= 11 is 1.27. The van der Waals surface area contributed by atoms with E-state index in [9.17, 15) is 4.79 Å². The van der Waals surface area contributed by atoms with Gasteiger partial charge in [0.05, 0.1) is 0 Å². The zero-order valence-corrected chi connectivity index (χ0v) is 7.30. The summed E-state index contributed by atoms with van der Waals surface area (Å²) in [6.45, 7) is 1.58. The molecule has 0 spiro atoms. The minimum atomic E-state index is -1.01. The molecule has 0 saturated heterocycles. The number of nitrogens with zero attached hydrogens (tertiary/aromatic N) is 2. The third-order valence-electron chi connectivity index (χ3n) is 1.07. The van der Waals surface area contributed by atoms with Crippen LogP contribution in [0.3, 0.4) is 0 Å². The second-order valence-electron chi connectivity index (χ2n) is 2.00. The summed E-state index contributed by atoms with van der Waals surface area (Å²) in [5.74, 6) is -1.01. The molecule has 0 radical (unpaired) electrons. The van der Waals surface area contributed by atoms with E-state index in [0.717, 1.165) is 11.4 Å². The lowest BCUT2D eigenvalue weighted by molar-refractivity contribution is -0.139. The first-order chi connectivity index (χ1) is 5.72. The minimum absolute atomic E-state index is 0.314. The maximum absolute atomic E-state index is 10.1. The van der Waals surface area contributed by atoms with E-state index in [0.29, 0.717) is 5.19 Å². The Labute approximate surface area is 73.0 Å². The van der Waals surface area contributed by atoms with Crippen molar-refractivity contribution in [2.75, 3.05) is 6.61 Å². The SMILES string of the molecule is CCc1nnc(OCC(=O)O)s1. The van der Waals surface area contributed by atoms with Crippen molar-refractivity contribution in [3.8, 4) is 5.19 Å². The molecular formula is C6H8N2O3S. The monoisotopic (exact) mass is 188 g/mol. The van der Waals surface area contributed by atoms with Gasteiger partial charge >= 0.3 is 5.97 Å². The van der Waals surface area contributed by atoms with Crippen LogP contribution in [0, 0.1) is 0 Å². The normalized spacial score (nSPS) is 9.75. The molecule has 0 bridgehead atoms. The Morgan fingerprint density at radius 3 is 2.92 bits per heavy atom. The number of aliphatic carboxylic acids is 1. The lowest BCUT2D eigenvalue weighted by atomic mass is 10.5. The molecule has 0 amide bonds. The molecule has 0 saturated carbocycles. The fourth-order valence-electron chi connectivity index (χ4n) is 0.563. The molecule has 1 rings (SSSR count). The average Bonchev–Trinajstić information content (AvgIpc) is 2.48. The molecule has 66 valence electrons. The quantitative estimate of drug-likeness (QED) is 0.747. The van der Waals surface area contributed by atoms with Crippen LogP contribution in [0.1, 0.15) is 11.9 Å². The number of hydrogen-bond acceptors (Lipinski definition) is 5. The Morgan fingerprint density at radius 1 is 1.67 bits per heavy atom. The Bertz CT molecular complexity index is 274. The third-order valence-corrected chi connectivity index (χ3v) is 2.05. The van der Waals surface area contributed by atoms with E-state index in [1.165, 1.54) is 11.3 Å². The lowest BCUT2D eigenvalue weighted by Gasteiger charge is -1.93. The van der Waals surface area contributed by atoms with E-state index in [1.807, 2.05) is 6.92 Å². The van der Waals surface area contributed by atoms with E-state index in [4.69, 9.17) is 9.84 Å². The molecule has 0 fully saturated rings. The molecule has 0 aliphatic carbocycles. The van der Waals surface area contributed by atoms with Crippen molar-refractivity contribution >= 4 is 17.3 Å². The molecule has 0 aromatic carbocycles. The van der Waals surface area contributed by atoms with Gasteiger partial charge in [-0.25, -0.2) is 4.79 Å². The van der Waals surface area contributed by atoms with Gasteiger partial charge in [-0.1, -0.05) is 18.3 Å². The fraction of sp³-hybridized carbons (Fsp3) is 0.500. The molecule has 1 heterocycles. The number of carbonyl (C=O) groups is 1. The maximum Gasteiger partial charge on any atom is 0.341 e. The topological polar surface area (TPSA) is 72.3 Å². The summed E-state index contributed by atoms with van der Waals surface area (Å²) in [4.78, 5) is 10.1. The van der Waals surface area contributed by atoms with Crippen LogP contribution in [0.5, 0.6) is 5.19 Å². The summed E-state index contributed by atoms with van der Waals surface area (Å²) in [5.41, 5.74) is 0. The molecule has 0 atom stereocenters. The molecule has 0 aliphatic rings. The molecule has 1 aromatic heterocycles. The molecule has 0 aliphatic heterocycles. The Balaban J connectivity index is 2.47. The predicted octanol–water partition coefficient (Wildman–Crippen LogP) is 0.564. The fourth-order valence-corrected chi connectivity index (χ4v) is 1.19. The molecule has 1 aromatic rings. The van der Waals surface area contributed by atoms with E-state index < -0.39 is 5.97 Å². The van der Waals surface area contributed by atoms with E-state index in [2.05, 4.69) is 10.2 Å². The van der Waals surface area contributed by atoms with Crippen molar-refractivity contribution in [3.05, 3.63) is 5.01 Å². The summed E-state index contributed by atoms with van der Waals surface area (Å²) in [6, 6.07) is 0. The second kappa shape index (κ2) is 4.01. The van der Waals surface area contributed by atoms with E-state index in [1.54, 1.807) is 0 Å². The maximum atomic E-state index is 10.1. The smallest absolute Gasteiger partial charge is 0.341 e. The minimum Gasteiger partial charge on any atom is -0.479 e. The summed E-state index contributed by atoms with van der Waals surface area (Å²) in [6.07, 6.45) is 0.786. The Hall–Kier alpha value is -1.17.